The fraction of sp³-hybridized carbons (Fsp3) is 0.533. The van der Waals surface area contributed by atoms with E-state index in [4.69, 9.17) is 0 Å². The first-order valence-electron chi connectivity index (χ1n) is 6.96. The SMILES string of the molecule is CNC(CCCc1cccs1)CCc1ccnn1C. The van der Waals surface area contributed by atoms with Gasteiger partial charge >= 0.3 is 0 Å². The summed E-state index contributed by atoms with van der Waals surface area (Å²) in [5.74, 6) is 0. The van der Waals surface area contributed by atoms with Crippen molar-refractivity contribution in [1.82, 2.24) is 15.1 Å². The lowest BCUT2D eigenvalue weighted by Gasteiger charge is -2.15. The van der Waals surface area contributed by atoms with Crippen LogP contribution in [-0.4, -0.2) is 22.9 Å². The molecule has 2 heterocycles. The Morgan fingerprint density at radius 1 is 1.32 bits per heavy atom. The number of aromatic nitrogens is 2. The molecule has 0 aliphatic rings. The second-order valence-electron chi connectivity index (χ2n) is 4.94. The van der Waals surface area contributed by atoms with E-state index in [0.29, 0.717) is 6.04 Å². The van der Waals surface area contributed by atoms with Crippen molar-refractivity contribution in [3.63, 3.8) is 0 Å². The number of hydrogen-bond acceptors (Lipinski definition) is 3. The van der Waals surface area contributed by atoms with Crippen LogP contribution in [-0.2, 0) is 19.9 Å². The van der Waals surface area contributed by atoms with E-state index in [1.54, 1.807) is 0 Å². The lowest BCUT2D eigenvalue weighted by molar-refractivity contribution is 0.469. The van der Waals surface area contributed by atoms with Crippen molar-refractivity contribution in [2.24, 2.45) is 7.05 Å². The largest absolute Gasteiger partial charge is 0.317 e. The van der Waals surface area contributed by atoms with Crippen molar-refractivity contribution < 1.29 is 0 Å². The average Bonchev–Trinajstić information content (AvgIpc) is 3.05. The third-order valence-electron chi connectivity index (χ3n) is 3.64. The molecule has 0 aliphatic heterocycles. The zero-order valence-electron chi connectivity index (χ0n) is 11.8. The molecule has 2 rings (SSSR count). The van der Waals surface area contributed by atoms with E-state index in [0.717, 1.165) is 6.42 Å². The quantitative estimate of drug-likeness (QED) is 0.804. The van der Waals surface area contributed by atoms with E-state index in [1.807, 2.05) is 29.3 Å². The number of aryl methyl sites for hydroxylation is 3. The maximum absolute atomic E-state index is 4.21. The third kappa shape index (κ3) is 4.48. The first kappa shape index (κ1) is 14.3. The number of rotatable bonds is 8. The zero-order chi connectivity index (χ0) is 13.5. The lowest BCUT2D eigenvalue weighted by atomic mass is 10.0. The van der Waals surface area contributed by atoms with Gasteiger partial charge in [0.1, 0.15) is 0 Å². The Morgan fingerprint density at radius 3 is 2.84 bits per heavy atom. The smallest absolute Gasteiger partial charge is 0.0492 e. The molecule has 0 aliphatic carbocycles. The Bertz CT molecular complexity index is 461. The van der Waals surface area contributed by atoms with Gasteiger partial charge in [0.2, 0.25) is 0 Å². The summed E-state index contributed by atoms with van der Waals surface area (Å²) in [6.45, 7) is 0. The maximum Gasteiger partial charge on any atom is 0.0492 e. The van der Waals surface area contributed by atoms with Crippen LogP contribution in [0.1, 0.15) is 29.8 Å². The molecule has 0 spiro atoms. The van der Waals surface area contributed by atoms with Crippen molar-refractivity contribution >= 4 is 11.3 Å². The number of hydrogen-bond donors (Lipinski definition) is 1. The second kappa shape index (κ2) is 7.46. The van der Waals surface area contributed by atoms with E-state index < -0.39 is 0 Å². The highest BCUT2D eigenvalue weighted by Gasteiger charge is 2.08. The van der Waals surface area contributed by atoms with E-state index in [1.165, 1.54) is 36.3 Å². The molecule has 1 N–H and O–H groups in total. The molecule has 0 amide bonds. The van der Waals surface area contributed by atoms with E-state index in [9.17, 15) is 0 Å². The van der Waals surface area contributed by atoms with Gasteiger partial charge in [0.15, 0.2) is 0 Å². The molecule has 0 bridgehead atoms. The molecule has 104 valence electrons. The van der Waals surface area contributed by atoms with Crippen molar-refractivity contribution in [3.05, 3.63) is 40.3 Å². The highest BCUT2D eigenvalue weighted by Crippen LogP contribution is 2.14. The average molecular weight is 277 g/mol. The van der Waals surface area contributed by atoms with E-state index in [-0.39, 0.29) is 0 Å². The van der Waals surface area contributed by atoms with Gasteiger partial charge in [0.25, 0.3) is 0 Å². The van der Waals surface area contributed by atoms with Gasteiger partial charge < -0.3 is 5.32 Å². The van der Waals surface area contributed by atoms with Gasteiger partial charge in [-0.25, -0.2) is 0 Å². The minimum atomic E-state index is 0.606. The van der Waals surface area contributed by atoms with Crippen LogP contribution in [0.2, 0.25) is 0 Å². The van der Waals surface area contributed by atoms with Crippen molar-refractivity contribution in [1.29, 1.82) is 0 Å². The molecule has 0 saturated carbocycles. The highest BCUT2D eigenvalue weighted by molar-refractivity contribution is 7.09. The van der Waals surface area contributed by atoms with E-state index in [2.05, 4.69) is 41.0 Å². The van der Waals surface area contributed by atoms with Crippen molar-refractivity contribution in [2.45, 2.75) is 38.1 Å². The Balaban J connectivity index is 1.69. The Kier molecular flexibility index (Phi) is 5.61. The van der Waals surface area contributed by atoms with Crippen molar-refractivity contribution in [3.8, 4) is 0 Å². The van der Waals surface area contributed by atoms with Gasteiger partial charge in [-0.1, -0.05) is 6.07 Å². The fourth-order valence-corrected chi connectivity index (χ4v) is 3.13. The maximum atomic E-state index is 4.21. The Labute approximate surface area is 119 Å². The summed E-state index contributed by atoms with van der Waals surface area (Å²) >= 11 is 1.86. The van der Waals surface area contributed by atoms with Crippen LogP contribution >= 0.6 is 11.3 Å². The standard InChI is InChI=1S/C15H23N3S/c1-16-13(5-3-6-15-7-4-12-19-15)8-9-14-10-11-17-18(14)2/h4,7,10-13,16H,3,5-6,8-9H2,1-2H3. The molecular weight excluding hydrogens is 254 g/mol. The number of nitrogens with one attached hydrogen (secondary N) is 1. The number of thiophene rings is 1. The summed E-state index contributed by atoms with van der Waals surface area (Å²) in [7, 11) is 4.08. The topological polar surface area (TPSA) is 29.9 Å². The predicted octanol–water partition coefficient (Wildman–Crippen LogP) is 3.03. The highest BCUT2D eigenvalue weighted by atomic mass is 32.1. The second-order valence-corrected chi connectivity index (χ2v) is 5.97. The molecule has 0 saturated heterocycles. The molecule has 1 atom stereocenters. The molecule has 4 heteroatoms. The van der Waals surface area contributed by atoms with Gasteiger partial charge in [-0.3, -0.25) is 4.68 Å². The summed E-state index contributed by atoms with van der Waals surface area (Å²) in [6.07, 6.45) is 7.87. The van der Waals surface area contributed by atoms with Crippen LogP contribution in [0.4, 0.5) is 0 Å². The minimum absolute atomic E-state index is 0.606. The lowest BCUT2D eigenvalue weighted by Crippen LogP contribution is -2.26. The monoisotopic (exact) mass is 277 g/mol. The van der Waals surface area contributed by atoms with Gasteiger partial charge in [0, 0.05) is 29.9 Å². The molecule has 2 aromatic rings. The van der Waals surface area contributed by atoms with Crippen LogP contribution in [0.5, 0.6) is 0 Å². The van der Waals surface area contributed by atoms with Gasteiger partial charge in [-0.2, -0.15) is 5.10 Å². The molecule has 0 radical (unpaired) electrons. The van der Waals surface area contributed by atoms with Crippen LogP contribution in [0.3, 0.4) is 0 Å². The van der Waals surface area contributed by atoms with Gasteiger partial charge in [0.05, 0.1) is 0 Å². The third-order valence-corrected chi connectivity index (χ3v) is 4.57. The van der Waals surface area contributed by atoms with Crippen molar-refractivity contribution in [2.75, 3.05) is 7.05 Å². The first-order valence-corrected chi connectivity index (χ1v) is 7.84. The predicted molar refractivity (Wildman–Crippen MR) is 81.6 cm³/mol. The van der Waals surface area contributed by atoms with Gasteiger partial charge in [-0.05, 0) is 56.7 Å². The van der Waals surface area contributed by atoms with Crippen LogP contribution in [0.15, 0.2) is 29.8 Å². The molecule has 1 unspecified atom stereocenters. The van der Waals surface area contributed by atoms with E-state index >= 15 is 0 Å². The molecular formula is C15H23N3S. The van der Waals surface area contributed by atoms with Crippen LogP contribution in [0, 0.1) is 0 Å². The molecule has 0 fully saturated rings. The fourth-order valence-electron chi connectivity index (χ4n) is 2.38. The molecule has 2 aromatic heterocycles. The molecule has 0 aromatic carbocycles. The normalized spacial score (nSPS) is 12.7. The van der Waals surface area contributed by atoms with Crippen LogP contribution in [0.25, 0.3) is 0 Å². The number of nitrogens with zero attached hydrogens (tertiary/aromatic N) is 2. The van der Waals surface area contributed by atoms with Gasteiger partial charge in [-0.15, -0.1) is 11.3 Å². The Hall–Kier alpha value is -1.13. The summed E-state index contributed by atoms with van der Waals surface area (Å²) in [6, 6.07) is 7.08. The zero-order valence-corrected chi connectivity index (χ0v) is 12.6. The first-order chi connectivity index (χ1) is 9.29. The minimum Gasteiger partial charge on any atom is -0.317 e. The molecule has 19 heavy (non-hydrogen) atoms. The summed E-state index contributed by atoms with van der Waals surface area (Å²) in [5.41, 5.74) is 1.32. The summed E-state index contributed by atoms with van der Waals surface area (Å²) < 4.78 is 1.97. The Morgan fingerprint density at radius 2 is 2.21 bits per heavy atom. The molecule has 3 nitrogen and oxygen atoms in total. The summed E-state index contributed by atoms with van der Waals surface area (Å²) in [4.78, 5) is 1.50. The summed E-state index contributed by atoms with van der Waals surface area (Å²) in [5, 5.41) is 9.81. The van der Waals surface area contributed by atoms with Crippen LogP contribution < -0.4 is 5.32 Å².